The molecule has 12 heteroatoms. The number of thiazole rings is 1. The van der Waals surface area contributed by atoms with Gasteiger partial charge < -0.3 is 24.1 Å². The zero-order valence-electron chi connectivity index (χ0n) is 20.6. The molecule has 4 rings (SSSR count). The molecule has 2 aromatic heterocycles. The molecule has 1 atom stereocenters. The zero-order valence-corrected chi connectivity index (χ0v) is 21.4. The number of aliphatic hydroxyl groups is 1. The van der Waals surface area contributed by atoms with Crippen LogP contribution in [0.3, 0.4) is 0 Å². The van der Waals surface area contributed by atoms with Crippen molar-refractivity contribution in [2.45, 2.75) is 13.0 Å². The van der Waals surface area contributed by atoms with Crippen molar-refractivity contribution in [2.24, 2.45) is 0 Å². The number of methoxy groups -OCH3 is 4. The Morgan fingerprint density at radius 1 is 1.03 bits per heavy atom. The van der Waals surface area contributed by atoms with Gasteiger partial charge >= 0.3 is 11.9 Å². The van der Waals surface area contributed by atoms with E-state index in [2.05, 4.69) is 9.97 Å². The molecule has 1 unspecified atom stereocenters. The standard InChI is InChI=1S/C25H23N3O8S/c1-12-22(24(32)36-5)37-25(27-12)28-18(14-10-15(33-2)21(35-4)16(11-14)34-3)17(20(30)23(28)31)19(29)13-6-8-26-9-7-13/h6-11,18,29H,1-5H3. The number of carbonyl (C=O) groups excluding carboxylic acids is 3. The summed E-state index contributed by atoms with van der Waals surface area (Å²) in [5.74, 6) is -2.03. The monoisotopic (exact) mass is 525 g/mol. The highest BCUT2D eigenvalue weighted by atomic mass is 32.1. The number of rotatable bonds is 7. The number of aromatic nitrogens is 2. The van der Waals surface area contributed by atoms with Crippen molar-refractivity contribution in [3.05, 3.63) is 63.9 Å². The van der Waals surface area contributed by atoms with Crippen molar-refractivity contribution in [3.63, 3.8) is 0 Å². The van der Waals surface area contributed by atoms with E-state index >= 15 is 0 Å². The number of ketones is 1. The molecular formula is C25H23N3O8S. The molecule has 37 heavy (non-hydrogen) atoms. The molecule has 192 valence electrons. The Morgan fingerprint density at radius 2 is 1.65 bits per heavy atom. The van der Waals surface area contributed by atoms with Crippen LogP contribution in [0, 0.1) is 6.92 Å². The second kappa shape index (κ2) is 10.3. The number of esters is 1. The lowest BCUT2D eigenvalue weighted by atomic mass is 9.95. The van der Waals surface area contributed by atoms with Crippen LogP contribution in [0.25, 0.3) is 5.76 Å². The smallest absolute Gasteiger partial charge is 0.350 e. The van der Waals surface area contributed by atoms with Gasteiger partial charge in [-0.05, 0) is 36.8 Å². The first-order chi connectivity index (χ1) is 17.8. The summed E-state index contributed by atoms with van der Waals surface area (Å²) in [5.41, 5.74) is 0.803. The van der Waals surface area contributed by atoms with Crippen LogP contribution in [0.5, 0.6) is 17.2 Å². The number of nitrogens with zero attached hydrogens (tertiary/aromatic N) is 3. The second-order valence-corrected chi connectivity index (χ2v) is 8.74. The first-order valence-corrected chi connectivity index (χ1v) is 11.7. The molecule has 3 heterocycles. The quantitative estimate of drug-likeness (QED) is 0.212. The van der Waals surface area contributed by atoms with E-state index in [1.165, 1.54) is 53.0 Å². The van der Waals surface area contributed by atoms with Gasteiger partial charge in [-0.3, -0.25) is 19.5 Å². The van der Waals surface area contributed by atoms with E-state index < -0.39 is 29.5 Å². The van der Waals surface area contributed by atoms with Crippen LogP contribution in [-0.4, -0.2) is 61.2 Å². The fourth-order valence-corrected chi connectivity index (χ4v) is 5.05. The molecular weight excluding hydrogens is 502 g/mol. The molecule has 0 bridgehead atoms. The normalized spacial score (nSPS) is 16.6. The number of anilines is 1. The van der Waals surface area contributed by atoms with Crippen LogP contribution in [0.4, 0.5) is 5.13 Å². The molecule has 3 aromatic rings. The summed E-state index contributed by atoms with van der Waals surface area (Å²) in [5, 5.41) is 11.3. The number of hydrogen-bond acceptors (Lipinski definition) is 11. The predicted molar refractivity (Wildman–Crippen MR) is 133 cm³/mol. The number of benzene rings is 1. The largest absolute Gasteiger partial charge is 0.507 e. The highest BCUT2D eigenvalue weighted by molar-refractivity contribution is 7.17. The Kier molecular flexibility index (Phi) is 7.11. The summed E-state index contributed by atoms with van der Waals surface area (Å²) < 4.78 is 21.2. The minimum atomic E-state index is -1.14. The van der Waals surface area contributed by atoms with E-state index in [-0.39, 0.29) is 32.6 Å². The average molecular weight is 526 g/mol. The second-order valence-electron chi connectivity index (χ2n) is 7.77. The lowest BCUT2D eigenvalue weighted by molar-refractivity contribution is -0.132. The molecule has 1 saturated heterocycles. The van der Waals surface area contributed by atoms with Crippen LogP contribution in [0.2, 0.25) is 0 Å². The molecule has 11 nitrogen and oxygen atoms in total. The van der Waals surface area contributed by atoms with Crippen LogP contribution in [-0.2, 0) is 14.3 Å². The number of hydrogen-bond donors (Lipinski definition) is 1. The van der Waals surface area contributed by atoms with Crippen molar-refractivity contribution in [2.75, 3.05) is 33.3 Å². The number of amides is 1. The number of pyridine rings is 1. The van der Waals surface area contributed by atoms with E-state index in [0.29, 0.717) is 17.0 Å². The molecule has 1 N–H and O–H groups in total. The Hall–Kier alpha value is -4.45. The topological polar surface area (TPSA) is 137 Å². The summed E-state index contributed by atoms with van der Waals surface area (Å²) in [6.07, 6.45) is 2.90. The van der Waals surface area contributed by atoms with Gasteiger partial charge in [0.2, 0.25) is 5.75 Å². The molecule has 0 radical (unpaired) electrons. The van der Waals surface area contributed by atoms with E-state index in [1.54, 1.807) is 19.1 Å². The fourth-order valence-electron chi connectivity index (χ4n) is 4.04. The highest BCUT2D eigenvalue weighted by Crippen LogP contribution is 2.48. The third-order valence-corrected chi connectivity index (χ3v) is 6.90. The Bertz CT molecular complexity index is 1390. The van der Waals surface area contributed by atoms with Gasteiger partial charge in [0.15, 0.2) is 16.6 Å². The van der Waals surface area contributed by atoms with Crippen molar-refractivity contribution in [1.29, 1.82) is 0 Å². The predicted octanol–water partition coefficient (Wildman–Crippen LogP) is 3.29. The van der Waals surface area contributed by atoms with E-state index in [1.807, 2.05) is 0 Å². The Labute approximate surface area is 215 Å². The van der Waals surface area contributed by atoms with Gasteiger partial charge in [-0.2, -0.15) is 0 Å². The number of carbonyl (C=O) groups is 3. The van der Waals surface area contributed by atoms with Crippen molar-refractivity contribution < 1.29 is 38.4 Å². The number of aryl methyl sites for hydroxylation is 1. The maximum atomic E-state index is 13.4. The minimum Gasteiger partial charge on any atom is -0.507 e. The van der Waals surface area contributed by atoms with Crippen LogP contribution in [0.1, 0.15) is 32.5 Å². The zero-order chi connectivity index (χ0) is 26.9. The van der Waals surface area contributed by atoms with Gasteiger partial charge in [-0.15, -0.1) is 0 Å². The minimum absolute atomic E-state index is 0.0764. The summed E-state index contributed by atoms with van der Waals surface area (Å²) in [6.45, 7) is 1.59. The van der Waals surface area contributed by atoms with Crippen LogP contribution >= 0.6 is 11.3 Å². The van der Waals surface area contributed by atoms with Gasteiger partial charge in [0.25, 0.3) is 5.78 Å². The van der Waals surface area contributed by atoms with Crippen LogP contribution in [0.15, 0.2) is 42.2 Å². The highest BCUT2D eigenvalue weighted by Gasteiger charge is 2.49. The SMILES string of the molecule is COC(=O)c1sc(N2C(=O)C(=O)C(=C(O)c3ccncc3)C2c2cc(OC)c(OC)c(OC)c2)nc1C. The first-order valence-electron chi connectivity index (χ1n) is 10.8. The van der Waals surface area contributed by atoms with Gasteiger partial charge in [0.1, 0.15) is 10.6 Å². The maximum Gasteiger partial charge on any atom is 0.350 e. The van der Waals surface area contributed by atoms with Gasteiger partial charge in [-0.25, -0.2) is 9.78 Å². The maximum absolute atomic E-state index is 13.4. The molecule has 0 spiro atoms. The third kappa shape index (κ3) is 4.35. The number of Topliss-reactive ketones (excluding diaryl/α,β-unsaturated/α-hetero) is 1. The lowest BCUT2D eigenvalue weighted by Gasteiger charge is -2.24. The summed E-state index contributed by atoms with van der Waals surface area (Å²) >= 11 is 0.897. The molecule has 0 aliphatic carbocycles. The Morgan fingerprint density at radius 3 is 2.19 bits per heavy atom. The summed E-state index contributed by atoms with van der Waals surface area (Å²) in [4.78, 5) is 48.6. The number of ether oxygens (including phenoxy) is 4. The summed E-state index contributed by atoms with van der Waals surface area (Å²) in [6, 6.07) is 5.03. The molecule has 1 aliphatic rings. The van der Waals surface area contributed by atoms with Gasteiger partial charge in [0, 0.05) is 18.0 Å². The first kappa shape index (κ1) is 25.6. The Balaban J connectivity index is 2.01. The van der Waals surface area contributed by atoms with Gasteiger partial charge in [0.05, 0.1) is 45.7 Å². The van der Waals surface area contributed by atoms with Crippen molar-refractivity contribution in [3.8, 4) is 17.2 Å². The van der Waals surface area contributed by atoms with Crippen LogP contribution < -0.4 is 19.1 Å². The van der Waals surface area contributed by atoms with E-state index in [4.69, 9.17) is 18.9 Å². The molecule has 1 aliphatic heterocycles. The average Bonchev–Trinajstić information content (AvgIpc) is 3.43. The fraction of sp³-hybridized carbons (Fsp3) is 0.240. The van der Waals surface area contributed by atoms with Crippen molar-refractivity contribution in [1.82, 2.24) is 9.97 Å². The van der Waals surface area contributed by atoms with E-state index in [0.717, 1.165) is 16.2 Å². The van der Waals surface area contributed by atoms with Gasteiger partial charge in [-0.1, -0.05) is 11.3 Å². The van der Waals surface area contributed by atoms with E-state index in [9.17, 15) is 19.5 Å². The molecule has 1 aromatic carbocycles. The summed E-state index contributed by atoms with van der Waals surface area (Å²) in [7, 11) is 5.55. The lowest BCUT2D eigenvalue weighted by Crippen LogP contribution is -2.29. The molecule has 1 fully saturated rings. The third-order valence-electron chi connectivity index (χ3n) is 5.76. The van der Waals surface area contributed by atoms with Crippen molar-refractivity contribution >= 4 is 39.9 Å². The molecule has 1 amide bonds. The molecule has 0 saturated carbocycles. The number of aliphatic hydroxyl groups excluding tert-OH is 1.